The first-order valence-corrected chi connectivity index (χ1v) is 9.79. The van der Waals surface area contributed by atoms with E-state index < -0.39 is 9.84 Å². The minimum absolute atomic E-state index is 0.104. The summed E-state index contributed by atoms with van der Waals surface area (Å²) in [5.41, 5.74) is 3.24. The molecule has 0 aromatic carbocycles. The molecule has 1 aromatic rings. The first-order chi connectivity index (χ1) is 10.2. The molecule has 2 rings (SSSR count). The summed E-state index contributed by atoms with van der Waals surface area (Å²) in [5, 5.41) is 0. The maximum absolute atomic E-state index is 11.9. The molecule has 0 bridgehead atoms. The van der Waals surface area contributed by atoms with E-state index in [0.29, 0.717) is 25.0 Å². The first kappa shape index (κ1) is 17.2. The van der Waals surface area contributed by atoms with Crippen LogP contribution < -0.4 is 4.90 Å². The zero-order chi connectivity index (χ0) is 16.5. The zero-order valence-corrected chi connectivity index (χ0v) is 15.1. The third-order valence-corrected chi connectivity index (χ3v) is 5.93. The molecule has 124 valence electrons. The Balaban J connectivity index is 2.29. The summed E-state index contributed by atoms with van der Waals surface area (Å²) < 4.78 is 23.8. The molecular formula is C16H27N3O2S. The SMILES string of the molecule is Cc1nc(N2CCS(=O)(=O)C[C@@H](C)C2)nc(C)c1CC(C)C. The summed E-state index contributed by atoms with van der Waals surface area (Å²) in [4.78, 5) is 11.3. The number of hydrogen-bond donors (Lipinski definition) is 0. The molecular weight excluding hydrogens is 298 g/mol. The average molecular weight is 325 g/mol. The largest absolute Gasteiger partial charge is 0.339 e. The molecule has 0 saturated carbocycles. The van der Waals surface area contributed by atoms with Gasteiger partial charge < -0.3 is 4.90 Å². The fraction of sp³-hybridized carbons (Fsp3) is 0.750. The molecule has 1 aliphatic heterocycles. The number of anilines is 1. The summed E-state index contributed by atoms with van der Waals surface area (Å²) in [6, 6.07) is 0. The number of aromatic nitrogens is 2. The number of sulfone groups is 1. The summed E-state index contributed by atoms with van der Waals surface area (Å²) in [7, 11) is -2.95. The van der Waals surface area contributed by atoms with Crippen LogP contribution in [-0.4, -0.2) is 43.0 Å². The van der Waals surface area contributed by atoms with Crippen LogP contribution in [0.1, 0.15) is 37.7 Å². The van der Waals surface area contributed by atoms with Crippen molar-refractivity contribution in [1.82, 2.24) is 9.97 Å². The van der Waals surface area contributed by atoms with Gasteiger partial charge in [-0.15, -0.1) is 0 Å². The van der Waals surface area contributed by atoms with E-state index in [1.165, 1.54) is 5.56 Å². The van der Waals surface area contributed by atoms with Gasteiger partial charge in [0.2, 0.25) is 5.95 Å². The normalized spacial score (nSPS) is 21.9. The molecule has 2 heterocycles. The lowest BCUT2D eigenvalue weighted by Crippen LogP contribution is -2.31. The Labute approximate surface area is 134 Å². The Morgan fingerprint density at radius 1 is 1.23 bits per heavy atom. The predicted octanol–water partition coefficient (Wildman–Crippen LogP) is 2.16. The third kappa shape index (κ3) is 4.18. The van der Waals surface area contributed by atoms with Crippen molar-refractivity contribution in [3.05, 3.63) is 17.0 Å². The molecule has 1 aromatic heterocycles. The van der Waals surface area contributed by atoms with Crippen molar-refractivity contribution in [2.24, 2.45) is 11.8 Å². The van der Waals surface area contributed by atoms with Crippen LogP contribution in [0.4, 0.5) is 5.95 Å². The molecule has 5 nitrogen and oxygen atoms in total. The van der Waals surface area contributed by atoms with Crippen LogP contribution in [0, 0.1) is 25.7 Å². The molecule has 0 amide bonds. The minimum atomic E-state index is -2.95. The molecule has 1 atom stereocenters. The van der Waals surface area contributed by atoms with Crippen LogP contribution in [0.25, 0.3) is 0 Å². The van der Waals surface area contributed by atoms with Crippen molar-refractivity contribution in [2.45, 2.75) is 41.0 Å². The Morgan fingerprint density at radius 2 is 1.82 bits per heavy atom. The Morgan fingerprint density at radius 3 is 2.36 bits per heavy atom. The topological polar surface area (TPSA) is 63.2 Å². The van der Waals surface area contributed by atoms with E-state index in [1.807, 2.05) is 25.7 Å². The van der Waals surface area contributed by atoms with E-state index in [-0.39, 0.29) is 17.4 Å². The van der Waals surface area contributed by atoms with E-state index in [0.717, 1.165) is 17.8 Å². The van der Waals surface area contributed by atoms with Crippen molar-refractivity contribution in [3.8, 4) is 0 Å². The van der Waals surface area contributed by atoms with Gasteiger partial charge in [0.05, 0.1) is 11.5 Å². The Hall–Kier alpha value is -1.17. The van der Waals surface area contributed by atoms with Gasteiger partial charge in [0.25, 0.3) is 0 Å². The van der Waals surface area contributed by atoms with Crippen LogP contribution in [0.5, 0.6) is 0 Å². The van der Waals surface area contributed by atoms with Crippen molar-refractivity contribution in [1.29, 1.82) is 0 Å². The van der Waals surface area contributed by atoms with Gasteiger partial charge in [-0.05, 0) is 37.7 Å². The fourth-order valence-corrected chi connectivity index (χ4v) is 4.67. The summed E-state index contributed by atoms with van der Waals surface area (Å²) >= 11 is 0. The van der Waals surface area contributed by atoms with Crippen molar-refractivity contribution in [3.63, 3.8) is 0 Å². The third-order valence-electron chi connectivity index (χ3n) is 4.05. The maximum atomic E-state index is 11.9. The van der Waals surface area contributed by atoms with Gasteiger partial charge in [-0.3, -0.25) is 0 Å². The summed E-state index contributed by atoms with van der Waals surface area (Å²) in [6.45, 7) is 11.6. The second kappa shape index (κ2) is 6.52. The van der Waals surface area contributed by atoms with Gasteiger partial charge in [-0.25, -0.2) is 18.4 Å². The van der Waals surface area contributed by atoms with Crippen LogP contribution in [0.2, 0.25) is 0 Å². The molecule has 6 heteroatoms. The highest BCUT2D eigenvalue weighted by atomic mass is 32.2. The van der Waals surface area contributed by atoms with Crippen LogP contribution in [0.15, 0.2) is 0 Å². The van der Waals surface area contributed by atoms with E-state index in [4.69, 9.17) is 0 Å². The highest BCUT2D eigenvalue weighted by Crippen LogP contribution is 2.21. The van der Waals surface area contributed by atoms with Gasteiger partial charge in [-0.1, -0.05) is 20.8 Å². The first-order valence-electron chi connectivity index (χ1n) is 7.97. The summed E-state index contributed by atoms with van der Waals surface area (Å²) in [6.07, 6.45) is 0.975. The Kier molecular flexibility index (Phi) is 5.10. The highest BCUT2D eigenvalue weighted by molar-refractivity contribution is 7.91. The van der Waals surface area contributed by atoms with Crippen molar-refractivity contribution < 1.29 is 8.42 Å². The number of aryl methyl sites for hydroxylation is 2. The monoisotopic (exact) mass is 325 g/mol. The average Bonchev–Trinajstić information content (AvgIpc) is 2.50. The molecule has 1 aliphatic rings. The minimum Gasteiger partial charge on any atom is -0.339 e. The standard InChI is InChI=1S/C16H27N3O2S/c1-11(2)8-15-13(4)17-16(18-14(15)5)19-6-7-22(20,21)10-12(3)9-19/h11-12H,6-10H2,1-5H3/t12-/m0/s1. The molecule has 0 aliphatic carbocycles. The Bertz CT molecular complexity index is 618. The van der Waals surface area contributed by atoms with E-state index in [1.54, 1.807) is 0 Å². The lowest BCUT2D eigenvalue weighted by atomic mass is 10.0. The molecule has 1 fully saturated rings. The smallest absolute Gasteiger partial charge is 0.225 e. The fourth-order valence-electron chi connectivity index (χ4n) is 3.03. The molecule has 0 radical (unpaired) electrons. The predicted molar refractivity (Wildman–Crippen MR) is 90.1 cm³/mol. The molecule has 22 heavy (non-hydrogen) atoms. The molecule has 0 unspecified atom stereocenters. The van der Waals surface area contributed by atoms with Crippen LogP contribution in [-0.2, 0) is 16.3 Å². The van der Waals surface area contributed by atoms with E-state index >= 15 is 0 Å². The van der Waals surface area contributed by atoms with Gasteiger partial charge in [0.15, 0.2) is 9.84 Å². The van der Waals surface area contributed by atoms with E-state index in [2.05, 4.69) is 23.8 Å². The molecule has 1 saturated heterocycles. The maximum Gasteiger partial charge on any atom is 0.225 e. The highest BCUT2D eigenvalue weighted by Gasteiger charge is 2.26. The quantitative estimate of drug-likeness (QED) is 0.852. The second-order valence-electron chi connectivity index (χ2n) is 6.94. The number of rotatable bonds is 3. The van der Waals surface area contributed by atoms with Gasteiger partial charge in [-0.2, -0.15) is 0 Å². The van der Waals surface area contributed by atoms with Gasteiger partial charge in [0, 0.05) is 24.5 Å². The van der Waals surface area contributed by atoms with Crippen LogP contribution >= 0.6 is 0 Å². The lowest BCUT2D eigenvalue weighted by Gasteiger charge is -2.23. The lowest BCUT2D eigenvalue weighted by molar-refractivity contribution is 0.580. The molecule has 0 N–H and O–H groups in total. The van der Waals surface area contributed by atoms with Gasteiger partial charge >= 0.3 is 0 Å². The number of hydrogen-bond acceptors (Lipinski definition) is 5. The molecule has 0 spiro atoms. The van der Waals surface area contributed by atoms with E-state index in [9.17, 15) is 8.42 Å². The van der Waals surface area contributed by atoms with Gasteiger partial charge in [0.1, 0.15) is 0 Å². The number of nitrogens with zero attached hydrogens (tertiary/aromatic N) is 3. The summed E-state index contributed by atoms with van der Waals surface area (Å²) in [5.74, 6) is 1.79. The van der Waals surface area contributed by atoms with Crippen LogP contribution in [0.3, 0.4) is 0 Å². The second-order valence-corrected chi connectivity index (χ2v) is 9.17. The zero-order valence-electron chi connectivity index (χ0n) is 14.3. The van der Waals surface area contributed by atoms with Crippen molar-refractivity contribution in [2.75, 3.05) is 29.5 Å². The van der Waals surface area contributed by atoms with Crippen molar-refractivity contribution >= 4 is 15.8 Å².